The van der Waals surface area contributed by atoms with Crippen molar-refractivity contribution >= 4 is 29.4 Å². The number of hydrogen-bond acceptors (Lipinski definition) is 4. The van der Waals surface area contributed by atoms with Gasteiger partial charge in [0.05, 0.1) is 5.69 Å². The predicted octanol–water partition coefficient (Wildman–Crippen LogP) is 4.81. The summed E-state index contributed by atoms with van der Waals surface area (Å²) in [5.74, 6) is -0.274. The monoisotopic (exact) mass is 518 g/mol. The second-order valence-corrected chi connectivity index (χ2v) is 10.8. The molecule has 1 N–H and O–H groups in total. The van der Waals surface area contributed by atoms with E-state index in [1.54, 1.807) is 4.57 Å². The smallest absolute Gasteiger partial charge is 0.310 e. The number of likely N-dealkylation sites (tertiary alicyclic amines) is 1. The molecule has 5 rings (SSSR count). The van der Waals surface area contributed by atoms with Crippen LogP contribution in [0.1, 0.15) is 54.1 Å². The fourth-order valence-corrected chi connectivity index (χ4v) is 6.30. The van der Waals surface area contributed by atoms with Crippen LogP contribution in [0.5, 0.6) is 0 Å². The number of carbonyl (C=O) groups is 2. The second kappa shape index (κ2) is 11.1. The summed E-state index contributed by atoms with van der Waals surface area (Å²) in [6, 6.07) is 5.67. The van der Waals surface area contributed by atoms with Crippen LogP contribution in [0.3, 0.4) is 0 Å². The zero-order chi connectivity index (χ0) is 25.9. The first-order valence-electron chi connectivity index (χ1n) is 13.0. The minimum absolute atomic E-state index is 0.218. The van der Waals surface area contributed by atoms with Crippen molar-refractivity contribution in [2.24, 2.45) is 11.8 Å². The molecule has 0 radical (unpaired) electrons. The van der Waals surface area contributed by atoms with Crippen LogP contribution in [0, 0.1) is 18.8 Å². The van der Waals surface area contributed by atoms with E-state index in [4.69, 9.17) is 21.7 Å². The third-order valence-corrected chi connectivity index (χ3v) is 8.03. The van der Waals surface area contributed by atoms with E-state index >= 15 is 0 Å². The molecule has 0 amide bonds. The number of nitrogens with zero attached hydrogens (tertiary/aromatic N) is 3. The van der Waals surface area contributed by atoms with Gasteiger partial charge in [-0.15, -0.1) is 0 Å². The van der Waals surface area contributed by atoms with Crippen molar-refractivity contribution in [2.75, 3.05) is 13.1 Å². The zero-order valence-corrected chi connectivity index (χ0v) is 21.9. The Bertz CT molecular complexity index is 1290. The van der Waals surface area contributed by atoms with E-state index in [0.29, 0.717) is 18.1 Å². The van der Waals surface area contributed by atoms with Gasteiger partial charge in [0.15, 0.2) is 18.7 Å². The summed E-state index contributed by atoms with van der Waals surface area (Å²) in [4.78, 5) is 30.0. The normalized spacial score (nSPS) is 22.5. The first-order valence-corrected chi connectivity index (χ1v) is 13.4. The van der Waals surface area contributed by atoms with Gasteiger partial charge in [-0.25, -0.2) is 0 Å². The average molecular weight is 519 g/mol. The number of rotatable bonds is 6. The molecule has 3 heterocycles. The van der Waals surface area contributed by atoms with E-state index in [0.717, 1.165) is 67.2 Å². The molecule has 1 fully saturated rings. The van der Waals surface area contributed by atoms with Crippen LogP contribution in [0.4, 0.5) is 0 Å². The first kappa shape index (κ1) is 25.6. The molecule has 6 nitrogen and oxygen atoms in total. The van der Waals surface area contributed by atoms with E-state index < -0.39 is 12.0 Å². The number of aldehydes is 1. The number of fused-ring (bicyclic) bond motifs is 2. The molecule has 3 aliphatic rings. The van der Waals surface area contributed by atoms with E-state index in [9.17, 15) is 9.59 Å². The summed E-state index contributed by atoms with van der Waals surface area (Å²) in [6.45, 7) is 4.63. The van der Waals surface area contributed by atoms with E-state index in [1.807, 2.05) is 37.7 Å². The Morgan fingerprint density at radius 3 is 2.86 bits per heavy atom. The lowest BCUT2D eigenvalue weighted by molar-refractivity contribution is -0.707. The van der Waals surface area contributed by atoms with Crippen molar-refractivity contribution in [3.63, 3.8) is 0 Å². The molecule has 0 spiro atoms. The van der Waals surface area contributed by atoms with Crippen molar-refractivity contribution < 1.29 is 19.3 Å². The van der Waals surface area contributed by atoms with E-state index in [2.05, 4.69) is 29.2 Å². The first-order chi connectivity index (χ1) is 17.9. The molecule has 2 aromatic heterocycles. The molecule has 192 valence electrons. The number of hydrogen-bond donors (Lipinski definition) is 1. The minimum Gasteiger partial charge on any atom is -0.481 e. The maximum absolute atomic E-state index is 11.5. The summed E-state index contributed by atoms with van der Waals surface area (Å²) < 4.78 is 1.74. The number of pyridine rings is 2. The quantitative estimate of drug-likeness (QED) is 0.438. The number of carboxylic acids is 1. The highest BCUT2D eigenvalue weighted by Crippen LogP contribution is 2.44. The van der Waals surface area contributed by atoms with Gasteiger partial charge < -0.3 is 5.11 Å². The third kappa shape index (κ3) is 5.76. The number of carbonyl (C=O) groups excluding carboxylic acids is 1. The van der Waals surface area contributed by atoms with Gasteiger partial charge in [0, 0.05) is 47.9 Å². The predicted molar refractivity (Wildman–Crippen MR) is 143 cm³/mol. The number of halogens is 1. The maximum Gasteiger partial charge on any atom is 0.310 e. The van der Waals surface area contributed by atoms with Crippen molar-refractivity contribution in [1.82, 2.24) is 9.88 Å². The van der Waals surface area contributed by atoms with Crippen LogP contribution in [0.25, 0.3) is 5.57 Å². The molecular weight excluding hydrogens is 486 g/mol. The fraction of sp³-hybridized carbons (Fsp3) is 0.400. The van der Waals surface area contributed by atoms with Crippen molar-refractivity contribution in [1.29, 1.82) is 0 Å². The molecule has 0 aromatic carbocycles. The Labute approximate surface area is 223 Å². The topological polar surface area (TPSA) is 74.4 Å². The number of aryl methyl sites for hydroxylation is 2. The highest BCUT2D eigenvalue weighted by Gasteiger charge is 2.33. The standard InChI is InChI=1S/C30H32ClN3O3/c1-20-13-21(18-34(16-20)26(19-35)15-28(36)37)17-33-11-8-22(9-12-33)29-27-7-6-25(31)14-24(27)5-4-23-3-2-10-32-30(23)29/h2-3,6-7,10,13-14,16,18-19,24,26-27H,4-5,8-9,11-12,15,17H2,1H3/p+1. The fourth-order valence-electron chi connectivity index (χ4n) is 6.06. The van der Waals surface area contributed by atoms with Crippen LogP contribution in [0.2, 0.25) is 0 Å². The molecule has 37 heavy (non-hydrogen) atoms. The molecule has 1 saturated heterocycles. The van der Waals surface area contributed by atoms with Gasteiger partial charge in [0.2, 0.25) is 6.04 Å². The van der Waals surface area contributed by atoms with Crippen LogP contribution in [-0.4, -0.2) is 40.3 Å². The highest BCUT2D eigenvalue weighted by molar-refractivity contribution is 6.31. The zero-order valence-electron chi connectivity index (χ0n) is 21.1. The summed E-state index contributed by atoms with van der Waals surface area (Å²) in [6.07, 6.45) is 16.8. The van der Waals surface area contributed by atoms with Gasteiger partial charge in [-0.05, 0) is 67.9 Å². The lowest BCUT2D eigenvalue weighted by Gasteiger charge is -2.33. The number of piperidine rings is 1. The Morgan fingerprint density at radius 1 is 1.30 bits per heavy atom. The SMILES string of the molecule is Cc1cc(CN2CCC(=C3c4ncccc4CCC4C=C(Cl)C=CC34)CC2)c[n+](C(C=O)CC(=O)O)c1. The molecule has 3 atom stereocenters. The molecule has 2 aliphatic carbocycles. The number of aromatic nitrogens is 2. The van der Waals surface area contributed by atoms with Gasteiger partial charge >= 0.3 is 5.97 Å². The van der Waals surface area contributed by atoms with Crippen molar-refractivity contribution in [3.8, 4) is 0 Å². The van der Waals surface area contributed by atoms with E-state index in [-0.39, 0.29) is 6.42 Å². The molecular formula is C30H33ClN3O3+. The summed E-state index contributed by atoms with van der Waals surface area (Å²) in [5.41, 5.74) is 7.47. The van der Waals surface area contributed by atoms with Gasteiger partial charge in [-0.2, -0.15) is 4.57 Å². The Balaban J connectivity index is 1.36. The summed E-state index contributed by atoms with van der Waals surface area (Å²) >= 11 is 6.39. The van der Waals surface area contributed by atoms with Gasteiger partial charge in [-0.1, -0.05) is 35.4 Å². The van der Waals surface area contributed by atoms with Crippen molar-refractivity contribution in [3.05, 3.63) is 88.0 Å². The van der Waals surface area contributed by atoms with Crippen LogP contribution in [-0.2, 0) is 22.6 Å². The summed E-state index contributed by atoms with van der Waals surface area (Å²) in [5, 5.41) is 10.00. The number of allylic oxidation sites excluding steroid dienone is 5. The molecule has 0 saturated carbocycles. The second-order valence-electron chi connectivity index (χ2n) is 10.4. The highest BCUT2D eigenvalue weighted by atomic mass is 35.5. The summed E-state index contributed by atoms with van der Waals surface area (Å²) in [7, 11) is 0. The maximum atomic E-state index is 11.5. The van der Waals surface area contributed by atoms with Crippen LogP contribution in [0.15, 0.2) is 65.6 Å². The Morgan fingerprint density at radius 2 is 2.11 bits per heavy atom. The molecule has 7 heteroatoms. The van der Waals surface area contributed by atoms with E-state index in [1.165, 1.54) is 16.7 Å². The lowest BCUT2D eigenvalue weighted by atomic mass is 9.78. The Hall–Kier alpha value is -3.09. The molecule has 0 bridgehead atoms. The van der Waals surface area contributed by atoms with Gasteiger partial charge in [-0.3, -0.25) is 19.5 Å². The molecule has 2 aromatic rings. The lowest BCUT2D eigenvalue weighted by Crippen LogP contribution is -2.42. The van der Waals surface area contributed by atoms with Gasteiger partial charge in [0.25, 0.3) is 0 Å². The Kier molecular flexibility index (Phi) is 7.68. The number of carboxylic acid groups (broad SMARTS) is 1. The minimum atomic E-state index is -0.980. The molecule has 1 aliphatic heterocycles. The third-order valence-electron chi connectivity index (χ3n) is 7.78. The van der Waals surface area contributed by atoms with Crippen LogP contribution < -0.4 is 4.57 Å². The average Bonchev–Trinajstić information content (AvgIpc) is 3.04. The van der Waals surface area contributed by atoms with Crippen LogP contribution >= 0.6 is 11.6 Å². The van der Waals surface area contributed by atoms with Crippen molar-refractivity contribution in [2.45, 2.75) is 51.6 Å². The van der Waals surface area contributed by atoms with Gasteiger partial charge in [0.1, 0.15) is 6.42 Å². The number of aliphatic carboxylic acids is 1. The molecule has 3 unspecified atom stereocenters. The largest absolute Gasteiger partial charge is 0.481 e.